The van der Waals surface area contributed by atoms with Gasteiger partial charge in [-0.15, -0.1) is 68.0 Å². The van der Waals surface area contributed by atoms with Gasteiger partial charge in [0.2, 0.25) is 0 Å². The third kappa shape index (κ3) is 6.64. The number of hydrogen-bond acceptors (Lipinski definition) is 9. The van der Waals surface area contributed by atoms with Crippen LogP contribution in [-0.4, -0.2) is 5.78 Å². The molecule has 9 heteroatoms. The van der Waals surface area contributed by atoms with Gasteiger partial charge in [-0.2, -0.15) is 10.5 Å². The summed E-state index contributed by atoms with van der Waals surface area (Å²) in [5.41, 5.74) is 18.2. The summed E-state index contributed by atoms with van der Waals surface area (Å²) in [5, 5.41) is 22.3. The molecule has 0 radical (unpaired) electrons. The van der Waals surface area contributed by atoms with E-state index in [1.807, 2.05) is 81.0 Å². The summed E-state index contributed by atoms with van der Waals surface area (Å²) in [6, 6.07) is 67.2. The van der Waals surface area contributed by atoms with Gasteiger partial charge in [-0.3, -0.25) is 4.79 Å². The monoisotopic (exact) mass is 1110 g/mol. The molecule has 3 aliphatic carbocycles. The Labute approximate surface area is 475 Å². The molecule has 370 valence electrons. The van der Waals surface area contributed by atoms with E-state index in [0.717, 1.165) is 14.6 Å². The van der Waals surface area contributed by atoms with Gasteiger partial charge in [0, 0.05) is 61.1 Å². The van der Waals surface area contributed by atoms with Crippen LogP contribution in [0.2, 0.25) is 0 Å². The van der Waals surface area contributed by atoms with Crippen LogP contribution in [0, 0.1) is 50.4 Å². The first-order valence-electron chi connectivity index (χ1n) is 25.7. The average molecular weight is 1110 g/mol. The Morgan fingerprint density at radius 1 is 0.462 bits per heavy atom. The molecule has 6 heterocycles. The van der Waals surface area contributed by atoms with Crippen LogP contribution in [0.15, 0.2) is 186 Å². The van der Waals surface area contributed by atoms with Gasteiger partial charge in [-0.05, 0) is 137 Å². The average Bonchev–Trinajstić information content (AvgIpc) is 4.39. The number of aryl methyl sites for hydroxylation is 4. The Morgan fingerprint density at radius 3 is 1.62 bits per heavy atom. The lowest BCUT2D eigenvalue weighted by atomic mass is 9.65. The molecule has 0 aliphatic heterocycles. The third-order valence-electron chi connectivity index (χ3n) is 16.2. The van der Waals surface area contributed by atoms with E-state index < -0.39 is 10.8 Å². The number of nitrogens with zero attached hydrogens (tertiary/aromatic N) is 2. The highest BCUT2D eigenvalue weighted by molar-refractivity contribution is 7.41. The number of Topliss-reactive ketones (excluding diaryl/α,β-unsaturated/α-hetero) is 1. The lowest BCUT2D eigenvalue weighted by Crippen LogP contribution is -2.30. The number of hydrogen-bond donors (Lipinski definition) is 0. The zero-order valence-electron chi connectivity index (χ0n) is 42.6. The quantitative estimate of drug-likeness (QED) is 0.118. The van der Waals surface area contributed by atoms with Crippen LogP contribution in [-0.2, 0) is 10.8 Å². The molecule has 3 nitrogen and oxygen atoms in total. The maximum Gasteiger partial charge on any atom is 0.194 e. The Morgan fingerprint density at radius 2 is 1.03 bits per heavy atom. The van der Waals surface area contributed by atoms with Crippen molar-refractivity contribution in [2.24, 2.45) is 0 Å². The van der Waals surface area contributed by atoms with Gasteiger partial charge >= 0.3 is 0 Å². The van der Waals surface area contributed by atoms with E-state index in [4.69, 9.17) is 0 Å². The van der Waals surface area contributed by atoms with Crippen LogP contribution in [0.1, 0.15) is 87.6 Å². The van der Waals surface area contributed by atoms with Gasteiger partial charge < -0.3 is 0 Å². The van der Waals surface area contributed by atoms with Gasteiger partial charge in [0.1, 0.15) is 17.7 Å². The van der Waals surface area contributed by atoms with Crippen LogP contribution in [0.3, 0.4) is 0 Å². The summed E-state index contributed by atoms with van der Waals surface area (Å²) >= 11 is 11.2. The molecule has 0 bridgehead atoms. The molecule has 15 rings (SSSR count). The minimum atomic E-state index is -0.672. The fourth-order valence-electron chi connectivity index (χ4n) is 12.6. The molecule has 0 unspecified atom stereocenters. The standard InChI is InChI=1S/C69H42N2OS6/c1-37-11-19-42(20-12-37)68(43-21-13-38(2)14-22-43)52-32-50-53(31-49(52)63-54(68)33-57(75-63)56-28-27-46(74-56)30-51-60(41(35-70)36-71)47-8-5-6-9-48(47)62(51)72)69(44-23-15-39(3)16-24-44,45-25-17-40(4)18-26-45)61-64(50)78-67-65-59(77-66(61)67)34-58(76-65)55-10-7-29-73-55/h5-34H,1-4H3/b51-30-. The number of rotatable bonds is 7. The second-order valence-electron chi connectivity index (χ2n) is 20.7. The Hall–Kier alpha value is -7.83. The molecule has 0 atom stereocenters. The van der Waals surface area contributed by atoms with Crippen molar-refractivity contribution in [2.75, 3.05) is 0 Å². The number of carbonyl (C=O) groups is 1. The van der Waals surface area contributed by atoms with Crippen LogP contribution in [0.5, 0.6) is 0 Å². The zero-order valence-corrected chi connectivity index (χ0v) is 47.5. The first-order chi connectivity index (χ1) is 38.1. The van der Waals surface area contributed by atoms with E-state index in [0.29, 0.717) is 22.3 Å². The number of thiophene rings is 6. The maximum atomic E-state index is 14.0. The predicted octanol–water partition coefficient (Wildman–Crippen LogP) is 19.7. The summed E-state index contributed by atoms with van der Waals surface area (Å²) in [6.45, 7) is 8.71. The Bertz CT molecular complexity index is 4560. The zero-order chi connectivity index (χ0) is 52.8. The summed E-state index contributed by atoms with van der Waals surface area (Å²) < 4.78 is 5.48. The number of benzene rings is 6. The molecule has 3 aliphatic rings. The van der Waals surface area contributed by atoms with E-state index in [-0.39, 0.29) is 11.4 Å². The molecule has 6 aromatic carbocycles. The highest BCUT2D eigenvalue weighted by Gasteiger charge is 2.54. The molecule has 0 spiro atoms. The van der Waals surface area contributed by atoms with E-state index in [1.165, 1.54) is 116 Å². The van der Waals surface area contributed by atoms with Gasteiger partial charge in [0.05, 0.1) is 24.9 Å². The number of nitriles is 2. The third-order valence-corrected chi connectivity index (χ3v) is 23.6. The summed E-state index contributed by atoms with van der Waals surface area (Å²) in [6.07, 6.45) is 1.87. The SMILES string of the molecule is Cc1ccc(C2(c3ccc(C)cc3)c3cc4c(cc3-c3sc(-c5ccc(/C=C6\C(=O)c7ccccc7C6=C(C#N)C#N)s5)cc32)C(c2ccc(C)cc2)(c2ccc(C)cc2)c2c-4sc3c2sc2cc(-c4cccs4)sc23)cc1. The van der Waals surface area contributed by atoms with Crippen molar-refractivity contribution in [2.45, 2.75) is 38.5 Å². The van der Waals surface area contributed by atoms with Crippen molar-refractivity contribution >= 4 is 104 Å². The molecule has 0 fully saturated rings. The summed E-state index contributed by atoms with van der Waals surface area (Å²) in [7, 11) is 0. The largest absolute Gasteiger partial charge is 0.289 e. The van der Waals surface area contributed by atoms with Gasteiger partial charge in [-0.1, -0.05) is 150 Å². The first-order valence-corrected chi connectivity index (χ1v) is 30.7. The van der Waals surface area contributed by atoms with Crippen molar-refractivity contribution < 1.29 is 4.79 Å². The lowest BCUT2D eigenvalue weighted by molar-refractivity contribution is 0.104. The molecular weight excluding hydrogens is 1070 g/mol. The van der Waals surface area contributed by atoms with E-state index in [9.17, 15) is 15.3 Å². The van der Waals surface area contributed by atoms with E-state index >= 15 is 0 Å². The fraction of sp³-hybridized carbons (Fsp3) is 0.0870. The van der Waals surface area contributed by atoms with Crippen LogP contribution < -0.4 is 0 Å². The predicted molar refractivity (Wildman–Crippen MR) is 330 cm³/mol. The molecule has 6 aromatic heterocycles. The Kier molecular flexibility index (Phi) is 10.7. The van der Waals surface area contributed by atoms with Crippen molar-refractivity contribution in [1.29, 1.82) is 10.5 Å². The lowest BCUT2D eigenvalue weighted by Gasteiger charge is -2.35. The smallest absolute Gasteiger partial charge is 0.194 e. The van der Waals surface area contributed by atoms with Crippen molar-refractivity contribution in [3.8, 4) is 52.5 Å². The maximum absolute atomic E-state index is 14.0. The van der Waals surface area contributed by atoms with Crippen LogP contribution in [0.4, 0.5) is 0 Å². The van der Waals surface area contributed by atoms with Crippen molar-refractivity contribution in [3.63, 3.8) is 0 Å². The first kappa shape index (κ1) is 47.4. The molecule has 12 aromatic rings. The van der Waals surface area contributed by atoms with Gasteiger partial charge in [0.15, 0.2) is 5.78 Å². The molecule has 0 saturated carbocycles. The number of fused-ring (bicyclic) bond motifs is 11. The van der Waals surface area contributed by atoms with E-state index in [2.05, 4.69) is 191 Å². The second-order valence-corrected chi connectivity index (χ2v) is 27.0. The molecule has 0 saturated heterocycles. The summed E-state index contributed by atoms with van der Waals surface area (Å²) in [5.74, 6) is -0.177. The topological polar surface area (TPSA) is 64.7 Å². The molecule has 0 amide bonds. The summed E-state index contributed by atoms with van der Waals surface area (Å²) in [4.78, 5) is 22.4. The van der Waals surface area contributed by atoms with Crippen LogP contribution >= 0.6 is 68.0 Å². The highest BCUT2D eigenvalue weighted by atomic mass is 32.1. The second kappa shape index (κ2) is 17.6. The van der Waals surface area contributed by atoms with E-state index in [1.54, 1.807) is 17.4 Å². The van der Waals surface area contributed by atoms with Crippen molar-refractivity contribution in [1.82, 2.24) is 0 Å². The normalized spacial score (nSPS) is 14.9. The molecule has 78 heavy (non-hydrogen) atoms. The number of ketones is 1. The number of carbonyl (C=O) groups excluding carboxylic acids is 1. The molecular formula is C69H42N2OS6. The molecule has 0 N–H and O–H groups in total. The highest BCUT2D eigenvalue weighted by Crippen LogP contribution is 2.68. The van der Waals surface area contributed by atoms with Crippen LogP contribution in [0.25, 0.3) is 70.8 Å². The fourth-order valence-corrected chi connectivity index (χ4v) is 20.1. The minimum Gasteiger partial charge on any atom is -0.289 e. The van der Waals surface area contributed by atoms with Gasteiger partial charge in [0.25, 0.3) is 0 Å². The number of allylic oxidation sites excluding steroid dienone is 3. The van der Waals surface area contributed by atoms with Gasteiger partial charge in [-0.25, -0.2) is 0 Å². The Balaban J connectivity index is 1.01. The van der Waals surface area contributed by atoms with Crippen molar-refractivity contribution in [3.05, 3.63) is 269 Å². The minimum absolute atomic E-state index is 0.0633.